The maximum Gasteiger partial charge on any atom is 0.234 e. The molecule has 1 atom stereocenters. The molecular weight excluding hydrogens is 216 g/mol. The highest BCUT2D eigenvalue weighted by molar-refractivity contribution is 5.78. The van der Waals surface area contributed by atoms with Gasteiger partial charge in [0.15, 0.2) is 0 Å². The third-order valence-corrected chi connectivity index (χ3v) is 2.51. The van der Waals surface area contributed by atoms with Crippen LogP contribution >= 0.6 is 0 Å². The van der Waals surface area contributed by atoms with Crippen LogP contribution in [0.5, 0.6) is 5.75 Å². The minimum absolute atomic E-state index is 0.00201. The fourth-order valence-electron chi connectivity index (χ4n) is 1.53. The van der Waals surface area contributed by atoms with Gasteiger partial charge in [0, 0.05) is 0 Å². The lowest BCUT2D eigenvalue weighted by Crippen LogP contribution is -2.35. The highest BCUT2D eigenvalue weighted by Crippen LogP contribution is 2.18. The molecule has 0 aromatic heterocycles. The second-order valence-corrected chi connectivity index (χ2v) is 3.85. The number of methoxy groups -OCH3 is 1. The first-order valence-electron chi connectivity index (χ1n) is 5.81. The fourth-order valence-corrected chi connectivity index (χ4v) is 1.53. The van der Waals surface area contributed by atoms with Crippen molar-refractivity contribution < 1.29 is 9.53 Å². The SMILES string of the molecule is CCNCC(=O)NC(C)c1cccc(OC)c1. The van der Waals surface area contributed by atoms with Crippen LogP contribution in [-0.4, -0.2) is 26.1 Å². The Morgan fingerprint density at radius 2 is 2.24 bits per heavy atom. The van der Waals surface area contributed by atoms with Crippen LogP contribution < -0.4 is 15.4 Å². The summed E-state index contributed by atoms with van der Waals surface area (Å²) in [6.45, 7) is 5.07. The number of ether oxygens (including phenoxy) is 1. The van der Waals surface area contributed by atoms with Crippen LogP contribution in [0.1, 0.15) is 25.5 Å². The number of rotatable bonds is 6. The molecule has 0 saturated heterocycles. The summed E-state index contributed by atoms with van der Waals surface area (Å²) in [6, 6.07) is 7.69. The predicted molar refractivity (Wildman–Crippen MR) is 68.1 cm³/mol. The van der Waals surface area contributed by atoms with Crippen molar-refractivity contribution in [2.75, 3.05) is 20.2 Å². The van der Waals surface area contributed by atoms with Crippen molar-refractivity contribution in [1.29, 1.82) is 0 Å². The zero-order valence-corrected chi connectivity index (χ0v) is 10.6. The molecule has 1 aromatic rings. The summed E-state index contributed by atoms with van der Waals surface area (Å²) in [5, 5.41) is 5.92. The summed E-state index contributed by atoms with van der Waals surface area (Å²) in [5.41, 5.74) is 1.04. The fraction of sp³-hybridized carbons (Fsp3) is 0.462. The number of carbonyl (C=O) groups excluding carboxylic acids is 1. The number of nitrogens with one attached hydrogen (secondary N) is 2. The zero-order valence-electron chi connectivity index (χ0n) is 10.6. The second-order valence-electron chi connectivity index (χ2n) is 3.85. The first-order valence-corrected chi connectivity index (χ1v) is 5.81. The second kappa shape index (κ2) is 6.91. The summed E-state index contributed by atoms with van der Waals surface area (Å²) in [4.78, 5) is 11.5. The standard InChI is InChI=1S/C13H20N2O2/c1-4-14-9-13(16)15-10(2)11-6-5-7-12(8-11)17-3/h5-8,10,14H,4,9H2,1-3H3,(H,15,16). The zero-order chi connectivity index (χ0) is 12.7. The predicted octanol–water partition coefficient (Wildman–Crippen LogP) is 1.48. The average Bonchev–Trinajstić information content (AvgIpc) is 2.36. The largest absolute Gasteiger partial charge is 0.497 e. The normalized spacial score (nSPS) is 11.9. The van der Waals surface area contributed by atoms with E-state index in [4.69, 9.17) is 4.74 Å². The lowest BCUT2D eigenvalue weighted by atomic mass is 10.1. The molecular formula is C13H20N2O2. The topological polar surface area (TPSA) is 50.4 Å². The Kier molecular flexibility index (Phi) is 5.49. The van der Waals surface area contributed by atoms with Crippen LogP contribution in [0.25, 0.3) is 0 Å². The summed E-state index contributed by atoms with van der Waals surface area (Å²) in [7, 11) is 1.63. The van der Waals surface area contributed by atoms with Crippen molar-refractivity contribution in [3.8, 4) is 5.75 Å². The summed E-state index contributed by atoms with van der Waals surface area (Å²) in [5.74, 6) is 0.803. The van der Waals surface area contributed by atoms with E-state index in [1.807, 2.05) is 38.1 Å². The van der Waals surface area contributed by atoms with E-state index in [-0.39, 0.29) is 11.9 Å². The Hall–Kier alpha value is -1.55. The molecule has 1 unspecified atom stereocenters. The van der Waals surface area contributed by atoms with Gasteiger partial charge in [-0.1, -0.05) is 19.1 Å². The van der Waals surface area contributed by atoms with Crippen LogP contribution in [0.3, 0.4) is 0 Å². The molecule has 1 rings (SSSR count). The molecule has 0 aliphatic heterocycles. The average molecular weight is 236 g/mol. The minimum atomic E-state index is -0.0174. The van der Waals surface area contributed by atoms with Crippen molar-refractivity contribution >= 4 is 5.91 Å². The third kappa shape index (κ3) is 4.44. The molecule has 0 aliphatic carbocycles. The van der Waals surface area contributed by atoms with Gasteiger partial charge < -0.3 is 15.4 Å². The smallest absolute Gasteiger partial charge is 0.234 e. The van der Waals surface area contributed by atoms with Crippen molar-refractivity contribution in [1.82, 2.24) is 10.6 Å². The molecule has 0 radical (unpaired) electrons. The maximum atomic E-state index is 11.5. The number of hydrogen-bond acceptors (Lipinski definition) is 3. The van der Waals surface area contributed by atoms with E-state index in [9.17, 15) is 4.79 Å². The molecule has 2 N–H and O–H groups in total. The van der Waals surface area contributed by atoms with Crippen LogP contribution in [0.15, 0.2) is 24.3 Å². The Bertz CT molecular complexity index is 366. The van der Waals surface area contributed by atoms with E-state index in [2.05, 4.69) is 10.6 Å². The van der Waals surface area contributed by atoms with Crippen molar-refractivity contribution in [2.24, 2.45) is 0 Å². The molecule has 1 aromatic carbocycles. The van der Waals surface area contributed by atoms with Crippen LogP contribution in [0.2, 0.25) is 0 Å². The molecule has 4 heteroatoms. The molecule has 17 heavy (non-hydrogen) atoms. The van der Waals surface area contributed by atoms with Crippen molar-refractivity contribution in [3.05, 3.63) is 29.8 Å². The minimum Gasteiger partial charge on any atom is -0.497 e. The third-order valence-electron chi connectivity index (χ3n) is 2.51. The van der Waals surface area contributed by atoms with Crippen LogP contribution in [0.4, 0.5) is 0 Å². The Morgan fingerprint density at radius 3 is 2.88 bits per heavy atom. The molecule has 1 amide bonds. The van der Waals surface area contributed by atoms with Crippen molar-refractivity contribution in [3.63, 3.8) is 0 Å². The quantitative estimate of drug-likeness (QED) is 0.786. The van der Waals surface area contributed by atoms with Gasteiger partial charge >= 0.3 is 0 Å². The van der Waals surface area contributed by atoms with E-state index in [0.29, 0.717) is 6.54 Å². The van der Waals surface area contributed by atoms with E-state index in [1.54, 1.807) is 7.11 Å². The Morgan fingerprint density at radius 1 is 1.47 bits per heavy atom. The van der Waals surface area contributed by atoms with E-state index >= 15 is 0 Å². The van der Waals surface area contributed by atoms with Gasteiger partial charge in [-0.3, -0.25) is 4.79 Å². The molecule has 94 valence electrons. The number of carbonyl (C=O) groups is 1. The molecule has 0 bridgehead atoms. The number of amides is 1. The van der Waals surface area contributed by atoms with Gasteiger partial charge in [0.1, 0.15) is 5.75 Å². The van der Waals surface area contributed by atoms with Gasteiger partial charge in [-0.05, 0) is 31.2 Å². The highest BCUT2D eigenvalue weighted by Gasteiger charge is 2.09. The summed E-state index contributed by atoms with van der Waals surface area (Å²) >= 11 is 0. The maximum absolute atomic E-state index is 11.5. The Balaban J connectivity index is 2.56. The summed E-state index contributed by atoms with van der Waals surface area (Å²) < 4.78 is 5.15. The van der Waals surface area contributed by atoms with Crippen LogP contribution in [0, 0.1) is 0 Å². The van der Waals surface area contributed by atoms with Gasteiger partial charge in [-0.15, -0.1) is 0 Å². The van der Waals surface area contributed by atoms with E-state index in [1.165, 1.54) is 0 Å². The lowest BCUT2D eigenvalue weighted by Gasteiger charge is -2.15. The Labute approximate surface area is 102 Å². The number of benzene rings is 1. The summed E-state index contributed by atoms with van der Waals surface area (Å²) in [6.07, 6.45) is 0. The first-order chi connectivity index (χ1) is 8.17. The van der Waals surface area contributed by atoms with Crippen LogP contribution in [-0.2, 0) is 4.79 Å². The van der Waals surface area contributed by atoms with Gasteiger partial charge in [0.05, 0.1) is 19.7 Å². The number of likely N-dealkylation sites (N-methyl/N-ethyl adjacent to an activating group) is 1. The van der Waals surface area contributed by atoms with E-state index < -0.39 is 0 Å². The van der Waals surface area contributed by atoms with Gasteiger partial charge in [0.25, 0.3) is 0 Å². The molecule has 0 fully saturated rings. The number of hydrogen-bond donors (Lipinski definition) is 2. The van der Waals surface area contributed by atoms with Crippen molar-refractivity contribution in [2.45, 2.75) is 19.9 Å². The van der Waals surface area contributed by atoms with E-state index in [0.717, 1.165) is 17.9 Å². The molecule has 4 nitrogen and oxygen atoms in total. The molecule has 0 spiro atoms. The lowest BCUT2D eigenvalue weighted by molar-refractivity contribution is -0.120. The first kappa shape index (κ1) is 13.5. The monoisotopic (exact) mass is 236 g/mol. The van der Waals surface area contributed by atoms with Gasteiger partial charge in [0.2, 0.25) is 5.91 Å². The highest BCUT2D eigenvalue weighted by atomic mass is 16.5. The van der Waals surface area contributed by atoms with Gasteiger partial charge in [-0.2, -0.15) is 0 Å². The molecule has 0 heterocycles. The van der Waals surface area contributed by atoms with Gasteiger partial charge in [-0.25, -0.2) is 0 Å². The molecule has 0 saturated carbocycles. The molecule has 0 aliphatic rings.